The van der Waals surface area contributed by atoms with Gasteiger partial charge in [0.25, 0.3) is 0 Å². The summed E-state index contributed by atoms with van der Waals surface area (Å²) in [6, 6.07) is 6.92. The van der Waals surface area contributed by atoms with Gasteiger partial charge >= 0.3 is 0 Å². The highest BCUT2D eigenvalue weighted by atomic mass is 16.3. The van der Waals surface area contributed by atoms with E-state index in [-0.39, 0.29) is 29.8 Å². The Hall–Kier alpha value is -2.38. The van der Waals surface area contributed by atoms with Crippen LogP contribution in [-0.4, -0.2) is 64.6 Å². The molecule has 2 amide bonds. The van der Waals surface area contributed by atoms with Gasteiger partial charge in [-0.3, -0.25) is 9.59 Å². The standard InChI is InChI=1S/C25H36N4O3/c1-16(26-2)24(31)28-23(17-8-4-3-5-9-17)25(32)29-13-12-22(30)21(29)14-18-15-27-20-11-7-6-10-19(18)20/h6-7,10-11,15-17,21-23,26-27,30H,3-5,8-9,12-14H2,1-2H3,(H,28,31)/t16-,21+,22+,23-/m0/s1. The molecule has 0 spiro atoms. The number of carbonyl (C=O) groups is 2. The Labute approximate surface area is 189 Å². The summed E-state index contributed by atoms with van der Waals surface area (Å²) < 4.78 is 0. The molecule has 2 aromatic rings. The predicted molar refractivity (Wildman–Crippen MR) is 125 cm³/mol. The van der Waals surface area contributed by atoms with E-state index in [0.717, 1.165) is 42.1 Å². The normalized spacial score (nSPS) is 23.9. The first-order chi connectivity index (χ1) is 15.5. The lowest BCUT2D eigenvalue weighted by atomic mass is 9.83. The summed E-state index contributed by atoms with van der Waals surface area (Å²) in [5.74, 6) is -0.0463. The van der Waals surface area contributed by atoms with Crippen LogP contribution in [0.25, 0.3) is 10.9 Å². The number of hydrogen-bond acceptors (Lipinski definition) is 4. The molecule has 2 aliphatic rings. The third-order valence-corrected chi connectivity index (χ3v) is 7.41. The zero-order valence-corrected chi connectivity index (χ0v) is 19.1. The van der Waals surface area contributed by atoms with Gasteiger partial charge in [0.1, 0.15) is 6.04 Å². The lowest BCUT2D eigenvalue weighted by molar-refractivity contribution is -0.140. The van der Waals surface area contributed by atoms with E-state index in [9.17, 15) is 14.7 Å². The van der Waals surface area contributed by atoms with Crippen molar-refractivity contribution in [2.24, 2.45) is 5.92 Å². The van der Waals surface area contributed by atoms with Crippen molar-refractivity contribution < 1.29 is 14.7 Å². The number of rotatable bonds is 7. The molecule has 4 N–H and O–H groups in total. The number of amides is 2. The molecule has 7 heteroatoms. The van der Waals surface area contributed by atoms with E-state index in [1.165, 1.54) is 6.42 Å². The highest BCUT2D eigenvalue weighted by molar-refractivity contribution is 5.90. The average Bonchev–Trinajstić information content (AvgIpc) is 3.40. The minimum Gasteiger partial charge on any atom is -0.391 e. The molecule has 0 unspecified atom stereocenters. The Morgan fingerprint density at radius 1 is 1.19 bits per heavy atom. The van der Waals surface area contributed by atoms with Gasteiger partial charge in [-0.15, -0.1) is 0 Å². The molecule has 0 bridgehead atoms. The molecule has 1 aliphatic carbocycles. The van der Waals surface area contributed by atoms with Crippen molar-refractivity contribution in [2.45, 2.75) is 76.1 Å². The van der Waals surface area contributed by atoms with E-state index in [2.05, 4.69) is 21.7 Å². The fourth-order valence-corrected chi connectivity index (χ4v) is 5.32. The first-order valence-electron chi connectivity index (χ1n) is 12.0. The van der Waals surface area contributed by atoms with Crippen LogP contribution in [0.5, 0.6) is 0 Å². The van der Waals surface area contributed by atoms with Gasteiger partial charge in [-0.1, -0.05) is 37.5 Å². The van der Waals surface area contributed by atoms with Gasteiger partial charge in [0.15, 0.2) is 0 Å². The number of aliphatic hydroxyl groups excluding tert-OH is 1. The van der Waals surface area contributed by atoms with Crippen LogP contribution in [0.2, 0.25) is 0 Å². The zero-order chi connectivity index (χ0) is 22.7. The first-order valence-corrected chi connectivity index (χ1v) is 12.0. The predicted octanol–water partition coefficient (Wildman–Crippen LogP) is 2.35. The maximum Gasteiger partial charge on any atom is 0.245 e. The molecule has 4 rings (SSSR count). The summed E-state index contributed by atoms with van der Waals surface area (Å²) in [5.41, 5.74) is 2.16. The number of carbonyl (C=O) groups excluding carboxylic acids is 2. The molecular formula is C25H36N4O3. The number of hydrogen-bond donors (Lipinski definition) is 4. The van der Waals surface area contributed by atoms with Crippen LogP contribution in [0.1, 0.15) is 51.0 Å². The van der Waals surface area contributed by atoms with Crippen LogP contribution in [0.3, 0.4) is 0 Å². The van der Waals surface area contributed by atoms with Crippen molar-refractivity contribution in [1.29, 1.82) is 0 Å². The third kappa shape index (κ3) is 4.69. The van der Waals surface area contributed by atoms with Crippen molar-refractivity contribution in [3.63, 3.8) is 0 Å². The van der Waals surface area contributed by atoms with Gasteiger partial charge in [0, 0.05) is 23.6 Å². The molecule has 1 aliphatic heterocycles. The van der Waals surface area contributed by atoms with Gasteiger partial charge < -0.3 is 25.6 Å². The second kappa shape index (κ2) is 10.0. The summed E-state index contributed by atoms with van der Waals surface area (Å²) in [6.45, 7) is 2.32. The minimum atomic E-state index is -0.563. The van der Waals surface area contributed by atoms with Crippen LogP contribution in [0.4, 0.5) is 0 Å². The van der Waals surface area contributed by atoms with Crippen LogP contribution < -0.4 is 10.6 Å². The van der Waals surface area contributed by atoms with E-state index in [1.54, 1.807) is 14.0 Å². The highest BCUT2D eigenvalue weighted by Gasteiger charge is 2.42. The number of likely N-dealkylation sites (tertiary alicyclic amines) is 1. The lowest BCUT2D eigenvalue weighted by Crippen LogP contribution is -2.57. The maximum absolute atomic E-state index is 13.8. The maximum atomic E-state index is 13.8. The lowest BCUT2D eigenvalue weighted by Gasteiger charge is -2.35. The second-order valence-electron chi connectivity index (χ2n) is 9.41. The number of nitrogens with one attached hydrogen (secondary N) is 3. The summed E-state index contributed by atoms with van der Waals surface area (Å²) in [6.07, 6.45) is 7.85. The molecule has 1 aromatic carbocycles. The molecule has 7 nitrogen and oxygen atoms in total. The number of nitrogens with zero attached hydrogens (tertiary/aromatic N) is 1. The van der Waals surface area contributed by atoms with Crippen molar-refractivity contribution in [3.05, 3.63) is 36.0 Å². The van der Waals surface area contributed by atoms with Crippen LogP contribution in [0, 0.1) is 5.92 Å². The van der Waals surface area contributed by atoms with Gasteiger partial charge in [0.2, 0.25) is 11.8 Å². The van der Waals surface area contributed by atoms with E-state index >= 15 is 0 Å². The number of aromatic nitrogens is 1. The smallest absolute Gasteiger partial charge is 0.245 e. The fourth-order valence-electron chi connectivity index (χ4n) is 5.32. The second-order valence-corrected chi connectivity index (χ2v) is 9.41. The van der Waals surface area contributed by atoms with Crippen molar-refractivity contribution in [2.75, 3.05) is 13.6 Å². The highest BCUT2D eigenvalue weighted by Crippen LogP contribution is 2.31. The molecule has 1 saturated carbocycles. The van der Waals surface area contributed by atoms with Gasteiger partial charge in [-0.05, 0) is 57.2 Å². The monoisotopic (exact) mass is 440 g/mol. The first kappa shape index (κ1) is 22.8. The Morgan fingerprint density at radius 3 is 2.69 bits per heavy atom. The number of likely N-dealkylation sites (N-methyl/N-ethyl adjacent to an activating group) is 1. The molecule has 174 valence electrons. The van der Waals surface area contributed by atoms with E-state index in [0.29, 0.717) is 19.4 Å². The van der Waals surface area contributed by atoms with E-state index in [1.807, 2.05) is 29.3 Å². The largest absolute Gasteiger partial charge is 0.391 e. The van der Waals surface area contributed by atoms with Crippen molar-refractivity contribution in [1.82, 2.24) is 20.5 Å². The topological polar surface area (TPSA) is 97.5 Å². The van der Waals surface area contributed by atoms with Crippen molar-refractivity contribution >= 4 is 22.7 Å². The van der Waals surface area contributed by atoms with Crippen LogP contribution in [-0.2, 0) is 16.0 Å². The van der Waals surface area contributed by atoms with Gasteiger partial charge in [-0.25, -0.2) is 0 Å². The number of aromatic amines is 1. The molecule has 32 heavy (non-hydrogen) atoms. The van der Waals surface area contributed by atoms with Crippen LogP contribution in [0.15, 0.2) is 30.5 Å². The van der Waals surface area contributed by atoms with E-state index in [4.69, 9.17) is 0 Å². The Bertz CT molecular complexity index is 936. The van der Waals surface area contributed by atoms with E-state index < -0.39 is 12.1 Å². The Morgan fingerprint density at radius 2 is 1.94 bits per heavy atom. The quantitative estimate of drug-likeness (QED) is 0.531. The zero-order valence-electron chi connectivity index (χ0n) is 19.1. The number of benzene rings is 1. The molecule has 0 radical (unpaired) electrons. The van der Waals surface area contributed by atoms with Crippen LogP contribution >= 0.6 is 0 Å². The third-order valence-electron chi connectivity index (χ3n) is 7.41. The minimum absolute atomic E-state index is 0.0463. The fraction of sp³-hybridized carbons (Fsp3) is 0.600. The van der Waals surface area contributed by atoms with Crippen molar-refractivity contribution in [3.8, 4) is 0 Å². The molecule has 2 heterocycles. The van der Waals surface area contributed by atoms with Gasteiger partial charge in [-0.2, -0.15) is 0 Å². The molecule has 1 saturated heterocycles. The Balaban J connectivity index is 1.56. The number of para-hydroxylation sites is 1. The summed E-state index contributed by atoms with van der Waals surface area (Å²) >= 11 is 0. The average molecular weight is 441 g/mol. The number of fused-ring (bicyclic) bond motifs is 1. The molecule has 1 aromatic heterocycles. The van der Waals surface area contributed by atoms with Gasteiger partial charge in [0.05, 0.1) is 18.2 Å². The summed E-state index contributed by atoms with van der Waals surface area (Å²) in [4.78, 5) is 31.6. The SMILES string of the molecule is CN[C@@H](C)C(=O)N[C@H](C(=O)N1CC[C@@H](O)[C@H]1Cc1c[nH]c2ccccc12)C1CCCCC1. The number of aliphatic hydroxyl groups is 1. The molecule has 4 atom stereocenters. The Kier molecular flexibility index (Phi) is 7.16. The summed E-state index contributed by atoms with van der Waals surface area (Å²) in [7, 11) is 1.75. The summed E-state index contributed by atoms with van der Waals surface area (Å²) in [5, 5.41) is 17.9. The molecular weight excluding hydrogens is 404 g/mol. The molecule has 2 fully saturated rings. The number of H-pyrrole nitrogens is 1.